The van der Waals surface area contributed by atoms with Crippen molar-refractivity contribution in [1.29, 1.82) is 0 Å². The zero-order valence-electron chi connectivity index (χ0n) is 18.2. The van der Waals surface area contributed by atoms with Gasteiger partial charge in [-0.05, 0) is 61.2 Å². The van der Waals surface area contributed by atoms with Gasteiger partial charge in [0.15, 0.2) is 0 Å². The van der Waals surface area contributed by atoms with E-state index in [2.05, 4.69) is 4.98 Å². The van der Waals surface area contributed by atoms with Crippen molar-refractivity contribution in [1.82, 2.24) is 9.88 Å². The molecule has 32 heavy (non-hydrogen) atoms. The minimum Gasteiger partial charge on any atom is -0.496 e. The molecule has 4 rings (SSSR count). The first-order valence-corrected chi connectivity index (χ1v) is 10.7. The van der Waals surface area contributed by atoms with E-state index in [0.29, 0.717) is 36.1 Å². The maximum atomic E-state index is 13.6. The van der Waals surface area contributed by atoms with Crippen LogP contribution in [-0.4, -0.2) is 41.9 Å². The highest BCUT2D eigenvalue weighted by atomic mass is 19.1. The Morgan fingerprint density at radius 3 is 2.75 bits per heavy atom. The standard InChI is InChI=1S/C25H26FN3O3/c1-15-10-16(5-8-22(15)32-2)11-23(30)29-9-3-4-17(14-29)24-20(25(27)31)13-18-12-19(26)6-7-21(18)28-24/h5-8,10,12-13,17H,3-4,9,11,14H2,1-2H3,(H2,27,31). The molecule has 0 saturated carbocycles. The van der Waals surface area contributed by atoms with Crippen LogP contribution in [0.3, 0.4) is 0 Å². The number of amides is 2. The van der Waals surface area contributed by atoms with Crippen LogP contribution in [0.2, 0.25) is 0 Å². The highest BCUT2D eigenvalue weighted by molar-refractivity contribution is 5.98. The summed E-state index contributed by atoms with van der Waals surface area (Å²) < 4.78 is 18.9. The molecule has 2 aromatic carbocycles. The predicted molar refractivity (Wildman–Crippen MR) is 120 cm³/mol. The number of likely N-dealkylation sites (tertiary alicyclic amines) is 1. The van der Waals surface area contributed by atoms with Gasteiger partial charge in [0.05, 0.1) is 30.3 Å². The van der Waals surface area contributed by atoms with Crippen LogP contribution in [0.4, 0.5) is 4.39 Å². The van der Waals surface area contributed by atoms with Crippen molar-refractivity contribution in [2.24, 2.45) is 5.73 Å². The van der Waals surface area contributed by atoms with Crippen molar-refractivity contribution >= 4 is 22.7 Å². The molecule has 0 radical (unpaired) electrons. The van der Waals surface area contributed by atoms with E-state index in [0.717, 1.165) is 29.7 Å². The van der Waals surface area contributed by atoms with Crippen LogP contribution in [0.25, 0.3) is 10.9 Å². The summed E-state index contributed by atoms with van der Waals surface area (Å²) >= 11 is 0. The van der Waals surface area contributed by atoms with Crippen LogP contribution >= 0.6 is 0 Å². The second kappa shape index (κ2) is 8.94. The van der Waals surface area contributed by atoms with Crippen LogP contribution in [-0.2, 0) is 11.2 Å². The van der Waals surface area contributed by atoms with E-state index in [-0.39, 0.29) is 17.4 Å². The Morgan fingerprint density at radius 2 is 2.03 bits per heavy atom. The summed E-state index contributed by atoms with van der Waals surface area (Å²) in [4.78, 5) is 31.6. The van der Waals surface area contributed by atoms with Gasteiger partial charge in [0.1, 0.15) is 11.6 Å². The van der Waals surface area contributed by atoms with Crippen molar-refractivity contribution in [3.8, 4) is 5.75 Å². The summed E-state index contributed by atoms with van der Waals surface area (Å²) in [5.74, 6) is -0.285. The molecule has 1 saturated heterocycles. The van der Waals surface area contributed by atoms with Crippen molar-refractivity contribution in [2.45, 2.75) is 32.1 Å². The Bertz CT molecular complexity index is 1190. The van der Waals surface area contributed by atoms with E-state index < -0.39 is 11.7 Å². The third-order valence-electron chi connectivity index (χ3n) is 6.05. The maximum absolute atomic E-state index is 13.6. The molecule has 0 spiro atoms. The molecule has 166 valence electrons. The first-order chi connectivity index (χ1) is 15.4. The van der Waals surface area contributed by atoms with E-state index in [9.17, 15) is 14.0 Å². The van der Waals surface area contributed by atoms with Crippen molar-refractivity contribution < 1.29 is 18.7 Å². The Morgan fingerprint density at radius 1 is 1.22 bits per heavy atom. The molecule has 1 unspecified atom stereocenters. The number of aryl methyl sites for hydroxylation is 1. The molecular weight excluding hydrogens is 409 g/mol. The average molecular weight is 435 g/mol. The van der Waals surface area contributed by atoms with Gasteiger partial charge < -0.3 is 15.4 Å². The largest absolute Gasteiger partial charge is 0.496 e. The second-order valence-corrected chi connectivity index (χ2v) is 8.28. The second-order valence-electron chi connectivity index (χ2n) is 8.28. The van der Waals surface area contributed by atoms with E-state index in [1.807, 2.05) is 30.0 Å². The predicted octanol–water partition coefficient (Wildman–Crippen LogP) is 3.74. The van der Waals surface area contributed by atoms with Crippen molar-refractivity contribution in [3.63, 3.8) is 0 Å². The van der Waals surface area contributed by atoms with Crippen molar-refractivity contribution in [2.75, 3.05) is 20.2 Å². The summed E-state index contributed by atoms with van der Waals surface area (Å²) in [5.41, 5.74) is 9.00. The van der Waals surface area contributed by atoms with Gasteiger partial charge in [-0.3, -0.25) is 14.6 Å². The smallest absolute Gasteiger partial charge is 0.250 e. The SMILES string of the molecule is COc1ccc(CC(=O)N2CCCC(c3nc4ccc(F)cc4cc3C(N)=O)C2)cc1C. The molecule has 0 bridgehead atoms. The Balaban J connectivity index is 1.57. The molecule has 7 heteroatoms. The van der Waals surface area contributed by atoms with Gasteiger partial charge in [-0.2, -0.15) is 0 Å². The molecule has 1 aliphatic rings. The lowest BCUT2D eigenvalue weighted by molar-refractivity contribution is -0.131. The fraction of sp³-hybridized carbons (Fsp3) is 0.320. The summed E-state index contributed by atoms with van der Waals surface area (Å²) in [7, 11) is 1.62. The molecule has 1 aliphatic heterocycles. The number of halogens is 1. The van der Waals surface area contributed by atoms with E-state index in [4.69, 9.17) is 10.5 Å². The van der Waals surface area contributed by atoms with E-state index >= 15 is 0 Å². The lowest BCUT2D eigenvalue weighted by atomic mass is 9.90. The summed E-state index contributed by atoms with van der Waals surface area (Å²) in [6, 6.07) is 11.6. The van der Waals surface area contributed by atoms with Crippen molar-refractivity contribution in [3.05, 3.63) is 70.7 Å². The van der Waals surface area contributed by atoms with Gasteiger partial charge in [-0.1, -0.05) is 12.1 Å². The molecule has 1 aromatic heterocycles. The highest BCUT2D eigenvalue weighted by Crippen LogP contribution is 2.31. The number of hydrogen-bond donors (Lipinski definition) is 1. The fourth-order valence-electron chi connectivity index (χ4n) is 4.43. The molecule has 2 N–H and O–H groups in total. The van der Waals surface area contributed by atoms with E-state index in [1.165, 1.54) is 12.1 Å². The minimum absolute atomic E-state index is 0.0303. The summed E-state index contributed by atoms with van der Waals surface area (Å²) in [5, 5.41) is 0.529. The number of piperidine rings is 1. The lowest BCUT2D eigenvalue weighted by Gasteiger charge is -2.33. The number of pyridine rings is 1. The molecule has 2 heterocycles. The number of carbonyl (C=O) groups excluding carboxylic acids is 2. The summed E-state index contributed by atoms with van der Waals surface area (Å²) in [6.45, 7) is 3.08. The van der Waals surface area contributed by atoms with Gasteiger partial charge in [-0.15, -0.1) is 0 Å². The zero-order chi connectivity index (χ0) is 22.8. The van der Waals surface area contributed by atoms with Gasteiger partial charge in [-0.25, -0.2) is 4.39 Å². The average Bonchev–Trinajstić information content (AvgIpc) is 2.78. The Hall–Kier alpha value is -3.48. The van der Waals surface area contributed by atoms with Crippen LogP contribution in [0.5, 0.6) is 5.75 Å². The minimum atomic E-state index is -0.601. The molecule has 2 amide bonds. The van der Waals surface area contributed by atoms with Crippen LogP contribution in [0.1, 0.15) is 45.9 Å². The number of benzene rings is 2. The molecule has 0 aliphatic carbocycles. The van der Waals surface area contributed by atoms with Gasteiger partial charge in [0.2, 0.25) is 5.91 Å². The molecule has 6 nitrogen and oxygen atoms in total. The Kier molecular flexibility index (Phi) is 6.08. The number of primary amides is 1. The number of aromatic nitrogens is 1. The summed E-state index contributed by atoms with van der Waals surface area (Å²) in [6.07, 6.45) is 1.90. The van der Waals surface area contributed by atoms with E-state index in [1.54, 1.807) is 19.2 Å². The highest BCUT2D eigenvalue weighted by Gasteiger charge is 2.29. The topological polar surface area (TPSA) is 85.5 Å². The normalized spacial score (nSPS) is 16.2. The number of rotatable bonds is 5. The van der Waals surface area contributed by atoms with Crippen LogP contribution < -0.4 is 10.5 Å². The van der Waals surface area contributed by atoms with Crippen LogP contribution in [0, 0.1) is 12.7 Å². The zero-order valence-corrected chi connectivity index (χ0v) is 18.2. The monoisotopic (exact) mass is 435 g/mol. The number of hydrogen-bond acceptors (Lipinski definition) is 4. The van der Waals surface area contributed by atoms with Gasteiger partial charge >= 0.3 is 0 Å². The third-order valence-corrected chi connectivity index (χ3v) is 6.05. The van der Waals surface area contributed by atoms with Gasteiger partial charge in [0.25, 0.3) is 5.91 Å². The number of carbonyl (C=O) groups is 2. The number of fused-ring (bicyclic) bond motifs is 1. The third kappa shape index (κ3) is 4.42. The van der Waals surface area contributed by atoms with Crippen LogP contribution in [0.15, 0.2) is 42.5 Å². The molecular formula is C25H26FN3O3. The molecule has 3 aromatic rings. The number of nitrogens with two attached hydrogens (primary N) is 1. The number of nitrogens with zero attached hydrogens (tertiary/aromatic N) is 2. The van der Waals surface area contributed by atoms with Gasteiger partial charge in [0, 0.05) is 24.4 Å². The molecule has 1 fully saturated rings. The maximum Gasteiger partial charge on any atom is 0.250 e. The first kappa shape index (κ1) is 21.7. The fourth-order valence-corrected chi connectivity index (χ4v) is 4.43. The lowest BCUT2D eigenvalue weighted by Crippen LogP contribution is -2.40. The Labute approximate surface area is 186 Å². The first-order valence-electron chi connectivity index (χ1n) is 10.7. The quantitative estimate of drug-likeness (QED) is 0.662. The number of methoxy groups -OCH3 is 1. The molecule has 1 atom stereocenters. The number of ether oxygens (including phenoxy) is 1.